The number of carbonyl (C=O) groups excluding carboxylic acids is 1. The van der Waals surface area contributed by atoms with E-state index in [0.29, 0.717) is 5.82 Å². The lowest BCUT2D eigenvalue weighted by Crippen LogP contribution is -2.07. The number of nitrogens with zero attached hydrogens (tertiary/aromatic N) is 4. The summed E-state index contributed by atoms with van der Waals surface area (Å²) < 4.78 is 1.60. The molecule has 0 spiro atoms. The smallest absolute Gasteiger partial charge is 0.221 e. The molecule has 0 bridgehead atoms. The van der Waals surface area contributed by atoms with Crippen molar-refractivity contribution < 1.29 is 4.79 Å². The number of benzene rings is 1. The van der Waals surface area contributed by atoms with Crippen LogP contribution in [0, 0.1) is 6.92 Å². The predicted molar refractivity (Wildman–Crippen MR) is 58.2 cm³/mol. The Morgan fingerprint density at radius 1 is 1.44 bits per heavy atom. The first-order chi connectivity index (χ1) is 7.66. The average molecular weight is 217 g/mol. The van der Waals surface area contributed by atoms with Gasteiger partial charge in [-0.25, -0.2) is 0 Å². The van der Waals surface area contributed by atoms with Gasteiger partial charge >= 0.3 is 0 Å². The molecule has 1 amide bonds. The molecule has 0 unspecified atom stereocenters. The molecule has 16 heavy (non-hydrogen) atoms. The van der Waals surface area contributed by atoms with Gasteiger partial charge in [0.05, 0.1) is 5.69 Å². The minimum atomic E-state index is -0.106. The lowest BCUT2D eigenvalue weighted by molar-refractivity contribution is -0.114. The molecular weight excluding hydrogens is 206 g/mol. The molecule has 6 nitrogen and oxygen atoms in total. The predicted octanol–water partition coefficient (Wildman–Crippen LogP) is 0.929. The quantitative estimate of drug-likeness (QED) is 0.812. The summed E-state index contributed by atoms with van der Waals surface area (Å²) in [7, 11) is 0. The van der Waals surface area contributed by atoms with Gasteiger partial charge in [0.1, 0.15) is 0 Å². The zero-order chi connectivity index (χ0) is 11.5. The van der Waals surface area contributed by atoms with Crippen LogP contribution < -0.4 is 5.32 Å². The molecule has 2 aromatic rings. The fourth-order valence-electron chi connectivity index (χ4n) is 1.39. The third kappa shape index (κ3) is 2.05. The second-order valence-electron chi connectivity index (χ2n) is 3.37. The van der Waals surface area contributed by atoms with E-state index in [1.165, 1.54) is 6.92 Å². The first kappa shape index (κ1) is 10.3. The molecule has 0 saturated heterocycles. The van der Waals surface area contributed by atoms with Crippen LogP contribution in [-0.4, -0.2) is 26.1 Å². The number of aryl methyl sites for hydroxylation is 1. The topological polar surface area (TPSA) is 72.7 Å². The highest BCUT2D eigenvalue weighted by atomic mass is 16.1. The maximum atomic E-state index is 10.9. The summed E-state index contributed by atoms with van der Waals surface area (Å²) >= 11 is 0. The molecule has 1 N–H and O–H groups in total. The van der Waals surface area contributed by atoms with Crippen LogP contribution in [0.4, 0.5) is 5.69 Å². The van der Waals surface area contributed by atoms with Crippen LogP contribution >= 0.6 is 0 Å². The summed E-state index contributed by atoms with van der Waals surface area (Å²) in [6.07, 6.45) is 0. The molecule has 0 saturated carbocycles. The molecule has 1 aromatic carbocycles. The Bertz CT molecular complexity index is 519. The van der Waals surface area contributed by atoms with E-state index in [2.05, 4.69) is 20.8 Å². The molecule has 6 heteroatoms. The van der Waals surface area contributed by atoms with E-state index in [1.807, 2.05) is 31.2 Å². The first-order valence-corrected chi connectivity index (χ1v) is 4.80. The van der Waals surface area contributed by atoms with Gasteiger partial charge in [0, 0.05) is 12.6 Å². The van der Waals surface area contributed by atoms with Crippen LogP contribution in [0.15, 0.2) is 24.3 Å². The van der Waals surface area contributed by atoms with Crippen LogP contribution in [0.2, 0.25) is 0 Å². The summed E-state index contributed by atoms with van der Waals surface area (Å²) in [4.78, 5) is 10.9. The van der Waals surface area contributed by atoms with Crippen molar-refractivity contribution in [3.8, 4) is 5.69 Å². The minimum Gasteiger partial charge on any atom is -0.326 e. The fourth-order valence-corrected chi connectivity index (χ4v) is 1.39. The second kappa shape index (κ2) is 4.09. The number of anilines is 1. The number of hydrogen-bond acceptors (Lipinski definition) is 4. The third-order valence-electron chi connectivity index (χ3n) is 2.04. The molecule has 82 valence electrons. The zero-order valence-electron chi connectivity index (χ0n) is 9.01. The van der Waals surface area contributed by atoms with Crippen LogP contribution in [0.25, 0.3) is 5.69 Å². The maximum absolute atomic E-state index is 10.9. The summed E-state index contributed by atoms with van der Waals surface area (Å²) in [5, 5.41) is 13.9. The van der Waals surface area contributed by atoms with Gasteiger partial charge in [-0.2, -0.15) is 4.68 Å². The minimum absolute atomic E-state index is 0.106. The Labute approximate surface area is 92.3 Å². The molecule has 1 aromatic heterocycles. The average Bonchev–Trinajstić information content (AvgIpc) is 2.64. The van der Waals surface area contributed by atoms with Gasteiger partial charge in [-0.15, -0.1) is 5.10 Å². The van der Waals surface area contributed by atoms with Crippen molar-refractivity contribution in [2.24, 2.45) is 0 Å². The Kier molecular flexibility index (Phi) is 2.63. The summed E-state index contributed by atoms with van der Waals surface area (Å²) in [6.45, 7) is 3.28. The van der Waals surface area contributed by atoms with Crippen molar-refractivity contribution in [2.45, 2.75) is 13.8 Å². The van der Waals surface area contributed by atoms with Gasteiger partial charge in [0.25, 0.3) is 0 Å². The highest BCUT2D eigenvalue weighted by molar-refractivity contribution is 5.88. The molecule has 0 aliphatic heterocycles. The van der Waals surface area contributed by atoms with Crippen LogP contribution in [0.1, 0.15) is 12.7 Å². The van der Waals surface area contributed by atoms with E-state index in [1.54, 1.807) is 4.68 Å². The van der Waals surface area contributed by atoms with Crippen molar-refractivity contribution in [2.75, 3.05) is 5.32 Å². The van der Waals surface area contributed by atoms with Gasteiger partial charge in [0.2, 0.25) is 5.91 Å². The van der Waals surface area contributed by atoms with Gasteiger partial charge in [-0.05, 0) is 35.5 Å². The summed E-state index contributed by atoms with van der Waals surface area (Å²) in [5.74, 6) is 0.588. The maximum Gasteiger partial charge on any atom is 0.221 e. The number of hydrogen-bond donors (Lipinski definition) is 1. The molecule has 0 aliphatic rings. The normalized spacial score (nSPS) is 10.1. The van der Waals surface area contributed by atoms with Crippen molar-refractivity contribution in [3.63, 3.8) is 0 Å². The number of tetrazole rings is 1. The number of amides is 1. The first-order valence-electron chi connectivity index (χ1n) is 4.80. The largest absolute Gasteiger partial charge is 0.326 e. The van der Waals surface area contributed by atoms with E-state index >= 15 is 0 Å². The molecule has 0 fully saturated rings. The highest BCUT2D eigenvalue weighted by Gasteiger charge is 2.04. The molecule has 0 atom stereocenters. The van der Waals surface area contributed by atoms with Gasteiger partial charge < -0.3 is 5.32 Å². The number of carbonyl (C=O) groups is 1. The SMILES string of the molecule is CC(=O)Nc1cccc(-n2nnnc2C)c1. The van der Waals surface area contributed by atoms with Crippen LogP contribution in [0.3, 0.4) is 0 Å². The van der Waals surface area contributed by atoms with E-state index in [-0.39, 0.29) is 5.91 Å². The summed E-state index contributed by atoms with van der Waals surface area (Å²) in [5.41, 5.74) is 1.54. The zero-order valence-corrected chi connectivity index (χ0v) is 9.01. The van der Waals surface area contributed by atoms with Gasteiger partial charge in [0.15, 0.2) is 5.82 Å². The van der Waals surface area contributed by atoms with Crippen molar-refractivity contribution in [1.82, 2.24) is 20.2 Å². The fraction of sp³-hybridized carbons (Fsp3) is 0.200. The Balaban J connectivity index is 2.36. The lowest BCUT2D eigenvalue weighted by Gasteiger charge is -2.05. The molecule has 1 heterocycles. The standard InChI is InChI=1S/C10H11N5O/c1-7-12-13-14-15(7)10-5-3-4-9(6-10)11-8(2)16/h3-6H,1-2H3,(H,11,16). The number of aromatic nitrogens is 4. The molecular formula is C10H11N5O. The van der Waals surface area contributed by atoms with Crippen LogP contribution in [0.5, 0.6) is 0 Å². The number of rotatable bonds is 2. The second-order valence-corrected chi connectivity index (χ2v) is 3.37. The van der Waals surface area contributed by atoms with Crippen LogP contribution in [-0.2, 0) is 4.79 Å². The van der Waals surface area contributed by atoms with E-state index in [9.17, 15) is 4.79 Å². The number of nitrogens with one attached hydrogen (secondary N) is 1. The van der Waals surface area contributed by atoms with Gasteiger partial charge in [-0.1, -0.05) is 6.07 Å². The molecule has 0 radical (unpaired) electrons. The van der Waals surface area contributed by atoms with E-state index in [4.69, 9.17) is 0 Å². The highest BCUT2D eigenvalue weighted by Crippen LogP contribution is 2.14. The lowest BCUT2D eigenvalue weighted by atomic mass is 10.2. The summed E-state index contributed by atoms with van der Waals surface area (Å²) in [6, 6.07) is 7.33. The van der Waals surface area contributed by atoms with Crippen molar-refractivity contribution in [1.29, 1.82) is 0 Å². The Hall–Kier alpha value is -2.24. The van der Waals surface area contributed by atoms with Gasteiger partial charge in [-0.3, -0.25) is 4.79 Å². The van der Waals surface area contributed by atoms with E-state index < -0.39 is 0 Å². The molecule has 0 aliphatic carbocycles. The third-order valence-corrected chi connectivity index (χ3v) is 2.04. The van der Waals surface area contributed by atoms with Crippen molar-refractivity contribution in [3.05, 3.63) is 30.1 Å². The van der Waals surface area contributed by atoms with Crippen molar-refractivity contribution >= 4 is 11.6 Å². The van der Waals surface area contributed by atoms with E-state index in [0.717, 1.165) is 11.4 Å². The molecule has 2 rings (SSSR count). The Morgan fingerprint density at radius 3 is 2.88 bits per heavy atom. The monoisotopic (exact) mass is 217 g/mol. The Morgan fingerprint density at radius 2 is 2.25 bits per heavy atom.